The quantitative estimate of drug-likeness (QED) is 0.743. The maximum absolute atomic E-state index is 12.9. The number of rotatable bonds is 2. The van der Waals surface area contributed by atoms with E-state index in [2.05, 4.69) is 0 Å². The number of amides is 1. The van der Waals surface area contributed by atoms with E-state index in [4.69, 9.17) is 21.1 Å². The molecule has 1 aromatic rings. The fourth-order valence-corrected chi connectivity index (χ4v) is 4.49. The Morgan fingerprint density at radius 2 is 1.85 bits per heavy atom. The number of carbonyl (C=O) groups excluding carboxylic acids is 1. The molecule has 0 N–H and O–H groups in total. The Balaban J connectivity index is 1.69. The molecule has 2 aliphatic heterocycles. The Bertz CT molecular complexity index is 868. The van der Waals surface area contributed by atoms with Crippen molar-refractivity contribution in [1.82, 2.24) is 9.21 Å². The zero-order valence-electron chi connectivity index (χ0n) is 15.6. The van der Waals surface area contributed by atoms with Crippen molar-refractivity contribution in [2.45, 2.75) is 26.4 Å². The van der Waals surface area contributed by atoms with E-state index >= 15 is 0 Å². The molecule has 0 atom stereocenters. The Morgan fingerprint density at radius 3 is 2.48 bits per heavy atom. The minimum atomic E-state index is -3.66. The van der Waals surface area contributed by atoms with Gasteiger partial charge in [-0.2, -0.15) is 4.31 Å². The first-order valence-corrected chi connectivity index (χ1v) is 10.5. The summed E-state index contributed by atoms with van der Waals surface area (Å²) >= 11 is 5.93. The van der Waals surface area contributed by atoms with Crippen LogP contribution in [0.2, 0.25) is 5.02 Å². The van der Waals surface area contributed by atoms with Crippen molar-refractivity contribution in [2.24, 2.45) is 0 Å². The summed E-state index contributed by atoms with van der Waals surface area (Å²) in [5, 5.41) is 0.534. The van der Waals surface area contributed by atoms with Gasteiger partial charge in [0.25, 0.3) is 0 Å². The highest BCUT2D eigenvalue weighted by Crippen LogP contribution is 2.32. The minimum Gasteiger partial charge on any atom is -0.487 e. The lowest BCUT2D eigenvalue weighted by Crippen LogP contribution is -2.52. The van der Waals surface area contributed by atoms with Gasteiger partial charge in [-0.1, -0.05) is 11.6 Å². The molecule has 0 spiro atoms. The molecule has 148 valence electrons. The molecule has 1 saturated heterocycles. The van der Waals surface area contributed by atoms with E-state index in [9.17, 15) is 13.2 Å². The number of hydrogen-bond donors (Lipinski definition) is 0. The first-order chi connectivity index (χ1) is 12.6. The van der Waals surface area contributed by atoms with E-state index in [0.29, 0.717) is 16.3 Å². The summed E-state index contributed by atoms with van der Waals surface area (Å²) in [5.74, 6) is 0.566. The third kappa shape index (κ3) is 4.56. The first kappa shape index (κ1) is 20.0. The lowest BCUT2D eigenvalue weighted by Gasteiger charge is -2.35. The summed E-state index contributed by atoms with van der Waals surface area (Å²) in [5.41, 5.74) is 0.0949. The van der Waals surface area contributed by atoms with E-state index in [1.54, 1.807) is 45.0 Å². The van der Waals surface area contributed by atoms with Crippen molar-refractivity contribution in [3.05, 3.63) is 33.7 Å². The summed E-state index contributed by atoms with van der Waals surface area (Å²) in [6, 6.07) is 5.08. The zero-order valence-corrected chi connectivity index (χ0v) is 17.1. The van der Waals surface area contributed by atoms with Gasteiger partial charge in [-0.3, -0.25) is 0 Å². The van der Waals surface area contributed by atoms with Crippen molar-refractivity contribution in [3.8, 4) is 5.75 Å². The Kier molecular flexibility index (Phi) is 5.42. The average Bonchev–Trinajstić information content (AvgIpc) is 2.60. The minimum absolute atomic E-state index is 0.0397. The molecule has 0 bridgehead atoms. The van der Waals surface area contributed by atoms with Crippen molar-refractivity contribution in [3.63, 3.8) is 0 Å². The topological polar surface area (TPSA) is 76.2 Å². The van der Waals surface area contributed by atoms with Crippen molar-refractivity contribution in [2.75, 3.05) is 32.8 Å². The van der Waals surface area contributed by atoms with Crippen molar-refractivity contribution >= 4 is 33.8 Å². The van der Waals surface area contributed by atoms with E-state index in [0.717, 1.165) is 0 Å². The third-order valence-corrected chi connectivity index (χ3v) is 6.40. The molecule has 7 nitrogen and oxygen atoms in total. The SMILES string of the molecule is CC(C)(C)OC(=O)N1CCN(S(=O)(=O)C2=Cc3ccc(Cl)cc3OC2)CC1. The maximum atomic E-state index is 12.9. The predicted octanol–water partition coefficient (Wildman–Crippen LogP) is 2.96. The number of piperazine rings is 1. The Hall–Kier alpha value is -1.77. The second kappa shape index (κ2) is 7.33. The normalized spacial score (nSPS) is 18.4. The molecule has 0 aliphatic carbocycles. The molecule has 0 aromatic heterocycles. The molecule has 3 rings (SSSR count). The van der Waals surface area contributed by atoms with Gasteiger partial charge in [0.1, 0.15) is 18.0 Å². The van der Waals surface area contributed by atoms with Crippen LogP contribution in [-0.2, 0) is 14.8 Å². The number of halogens is 1. The second-order valence-corrected chi connectivity index (χ2v) is 9.88. The van der Waals surface area contributed by atoms with Gasteiger partial charge in [0.15, 0.2) is 0 Å². The van der Waals surface area contributed by atoms with Crippen LogP contribution in [0.15, 0.2) is 23.1 Å². The number of benzene rings is 1. The molecule has 1 fully saturated rings. The van der Waals surface area contributed by atoms with Gasteiger partial charge in [0, 0.05) is 36.8 Å². The van der Waals surface area contributed by atoms with E-state index in [1.807, 2.05) is 0 Å². The Morgan fingerprint density at radius 1 is 1.19 bits per heavy atom. The van der Waals surface area contributed by atoms with Crippen molar-refractivity contribution in [1.29, 1.82) is 0 Å². The zero-order chi connectivity index (χ0) is 19.8. The van der Waals surface area contributed by atoms with Gasteiger partial charge < -0.3 is 14.4 Å². The van der Waals surface area contributed by atoms with Crippen LogP contribution in [0.4, 0.5) is 4.79 Å². The highest BCUT2D eigenvalue weighted by Gasteiger charge is 2.34. The molecule has 0 saturated carbocycles. The number of nitrogens with zero attached hydrogens (tertiary/aromatic N) is 2. The van der Waals surface area contributed by atoms with Gasteiger partial charge in [0.2, 0.25) is 10.0 Å². The fourth-order valence-electron chi connectivity index (χ4n) is 2.87. The number of ether oxygens (including phenoxy) is 2. The summed E-state index contributed by atoms with van der Waals surface area (Å²) in [4.78, 5) is 13.9. The van der Waals surface area contributed by atoms with Crippen LogP contribution in [0.1, 0.15) is 26.3 Å². The molecule has 27 heavy (non-hydrogen) atoms. The predicted molar refractivity (Wildman–Crippen MR) is 103 cm³/mol. The lowest BCUT2D eigenvalue weighted by atomic mass is 10.1. The van der Waals surface area contributed by atoms with E-state index in [1.165, 1.54) is 9.21 Å². The van der Waals surface area contributed by atoms with Gasteiger partial charge >= 0.3 is 6.09 Å². The number of carbonyl (C=O) groups is 1. The first-order valence-electron chi connectivity index (χ1n) is 8.67. The van der Waals surface area contributed by atoms with Crippen LogP contribution in [0.5, 0.6) is 5.75 Å². The smallest absolute Gasteiger partial charge is 0.410 e. The summed E-state index contributed by atoms with van der Waals surface area (Å²) in [6.07, 6.45) is 1.19. The average molecular weight is 415 g/mol. The van der Waals surface area contributed by atoms with Crippen LogP contribution < -0.4 is 4.74 Å². The van der Waals surface area contributed by atoms with Crippen LogP contribution >= 0.6 is 11.6 Å². The molecule has 1 aromatic carbocycles. The summed E-state index contributed by atoms with van der Waals surface area (Å²) in [6.45, 7) is 6.36. The van der Waals surface area contributed by atoms with Gasteiger partial charge in [-0.25, -0.2) is 13.2 Å². The van der Waals surface area contributed by atoms with Gasteiger partial charge in [0.05, 0.1) is 4.91 Å². The molecule has 2 heterocycles. The molecule has 2 aliphatic rings. The Labute approximate surface area is 164 Å². The highest BCUT2D eigenvalue weighted by atomic mass is 35.5. The van der Waals surface area contributed by atoms with Crippen LogP contribution in [0, 0.1) is 0 Å². The number of fused-ring (bicyclic) bond motifs is 1. The van der Waals surface area contributed by atoms with Crippen molar-refractivity contribution < 1.29 is 22.7 Å². The molecule has 0 radical (unpaired) electrons. The molecule has 1 amide bonds. The highest BCUT2D eigenvalue weighted by molar-refractivity contribution is 7.93. The maximum Gasteiger partial charge on any atom is 0.410 e. The summed E-state index contributed by atoms with van der Waals surface area (Å²) < 4.78 is 38.2. The van der Waals surface area contributed by atoms with E-state index < -0.39 is 21.7 Å². The number of sulfonamides is 1. The molecule has 0 unspecified atom stereocenters. The van der Waals surface area contributed by atoms with E-state index in [-0.39, 0.29) is 37.7 Å². The summed E-state index contributed by atoms with van der Waals surface area (Å²) in [7, 11) is -3.66. The molecule has 9 heteroatoms. The molecular formula is C18H23ClN2O5S. The van der Waals surface area contributed by atoms with Crippen LogP contribution in [0.25, 0.3) is 6.08 Å². The van der Waals surface area contributed by atoms with Crippen LogP contribution in [0.3, 0.4) is 0 Å². The monoisotopic (exact) mass is 414 g/mol. The fraction of sp³-hybridized carbons (Fsp3) is 0.500. The molecular weight excluding hydrogens is 392 g/mol. The standard InChI is InChI=1S/C18H23ClN2O5S/c1-18(2,3)26-17(22)20-6-8-21(9-7-20)27(23,24)15-10-13-4-5-14(19)11-16(13)25-12-15/h4-5,10-11H,6-9,12H2,1-3H3. The lowest BCUT2D eigenvalue weighted by molar-refractivity contribution is 0.0193. The van der Waals surface area contributed by atoms with Crippen LogP contribution in [-0.4, -0.2) is 62.1 Å². The van der Waals surface area contributed by atoms with Gasteiger partial charge in [-0.15, -0.1) is 0 Å². The number of hydrogen-bond acceptors (Lipinski definition) is 5. The largest absolute Gasteiger partial charge is 0.487 e. The third-order valence-electron chi connectivity index (χ3n) is 4.22. The second-order valence-electron chi connectivity index (χ2n) is 7.45. The van der Waals surface area contributed by atoms with Gasteiger partial charge in [-0.05, 0) is 45.0 Å².